The lowest BCUT2D eigenvalue weighted by molar-refractivity contribution is -0.0436. The van der Waals surface area contributed by atoms with Crippen LogP contribution in [0.3, 0.4) is 0 Å². The van der Waals surface area contributed by atoms with Crippen LogP contribution in [0.25, 0.3) is 5.57 Å². The number of nitrogens with one attached hydrogen (secondary N) is 1. The Morgan fingerprint density at radius 2 is 1.71 bits per heavy atom. The molecule has 2 aromatic carbocycles. The molecule has 0 bridgehead atoms. The fourth-order valence-electron chi connectivity index (χ4n) is 2.71. The third-order valence-corrected chi connectivity index (χ3v) is 6.26. The van der Waals surface area contributed by atoms with Crippen LogP contribution in [-0.4, -0.2) is 24.9 Å². The van der Waals surface area contributed by atoms with Crippen LogP contribution in [0.2, 0.25) is 5.02 Å². The SMILES string of the molecule is C=C(C)c1cc(C(=O)Nc2ccc(S(=O)(=O)C(F)(F)F)cc2Cl)c(O)c(C(C)(C)C)c1. The second-order valence-corrected chi connectivity index (χ2v) is 10.3. The Bertz CT molecular complexity index is 1170. The minimum absolute atomic E-state index is 0.0894. The summed E-state index contributed by atoms with van der Waals surface area (Å²) in [5.41, 5.74) is -4.44. The van der Waals surface area contributed by atoms with Gasteiger partial charge in [-0.3, -0.25) is 4.79 Å². The molecule has 0 spiro atoms. The van der Waals surface area contributed by atoms with Crippen molar-refractivity contribution in [3.05, 3.63) is 58.6 Å². The van der Waals surface area contributed by atoms with Gasteiger partial charge in [0, 0.05) is 5.56 Å². The summed E-state index contributed by atoms with van der Waals surface area (Å²) in [7, 11) is -5.59. The van der Waals surface area contributed by atoms with E-state index in [1.165, 1.54) is 6.07 Å². The molecule has 0 fully saturated rings. The molecule has 10 heteroatoms. The Morgan fingerprint density at radius 3 is 2.16 bits per heavy atom. The molecule has 0 saturated heterocycles. The maximum Gasteiger partial charge on any atom is 0.501 e. The Kier molecular flexibility index (Phi) is 6.54. The molecule has 0 heterocycles. The third-order valence-electron chi connectivity index (χ3n) is 4.46. The fraction of sp³-hybridized carbons (Fsp3) is 0.286. The molecule has 31 heavy (non-hydrogen) atoms. The Labute approximate surface area is 183 Å². The van der Waals surface area contributed by atoms with E-state index in [4.69, 9.17) is 11.6 Å². The fourth-order valence-corrected chi connectivity index (χ4v) is 3.79. The van der Waals surface area contributed by atoms with E-state index in [9.17, 15) is 31.5 Å². The number of hydrogen-bond acceptors (Lipinski definition) is 4. The highest BCUT2D eigenvalue weighted by atomic mass is 35.5. The number of benzene rings is 2. The van der Waals surface area contributed by atoms with Crippen LogP contribution in [0.1, 0.15) is 49.2 Å². The molecular weight excluding hydrogens is 455 g/mol. The summed E-state index contributed by atoms with van der Waals surface area (Å²) in [6.07, 6.45) is 0. The number of rotatable bonds is 4. The van der Waals surface area contributed by atoms with E-state index >= 15 is 0 Å². The highest BCUT2D eigenvalue weighted by Gasteiger charge is 2.47. The third kappa shape index (κ3) is 5.04. The van der Waals surface area contributed by atoms with Crippen LogP contribution >= 0.6 is 11.6 Å². The van der Waals surface area contributed by atoms with Gasteiger partial charge in [-0.15, -0.1) is 0 Å². The molecule has 168 valence electrons. The molecule has 1 amide bonds. The minimum Gasteiger partial charge on any atom is -0.507 e. The quantitative estimate of drug-likeness (QED) is 0.574. The number of phenolic OH excluding ortho intramolecular Hbond substituents is 1. The van der Waals surface area contributed by atoms with E-state index in [1.807, 2.05) is 20.8 Å². The number of carbonyl (C=O) groups is 1. The van der Waals surface area contributed by atoms with Gasteiger partial charge in [-0.2, -0.15) is 13.2 Å². The van der Waals surface area contributed by atoms with Crippen molar-refractivity contribution in [1.82, 2.24) is 0 Å². The lowest BCUT2D eigenvalue weighted by atomic mass is 9.83. The van der Waals surface area contributed by atoms with Gasteiger partial charge in [0.1, 0.15) is 5.75 Å². The standard InChI is InChI=1S/C21H21ClF3NO4S/c1-11(2)12-8-14(18(27)15(9-12)20(3,4)5)19(28)26-17-7-6-13(10-16(17)22)31(29,30)21(23,24)25/h6-10,27H,1H2,2-5H3,(H,26,28). The van der Waals surface area contributed by atoms with Gasteiger partial charge in [0.05, 0.1) is 21.2 Å². The van der Waals surface area contributed by atoms with Crippen molar-refractivity contribution in [2.45, 2.75) is 43.5 Å². The zero-order chi connectivity index (χ0) is 23.9. The first-order chi connectivity index (χ1) is 14.0. The summed E-state index contributed by atoms with van der Waals surface area (Å²) >= 11 is 5.92. The maximum atomic E-state index is 12.8. The minimum atomic E-state index is -5.59. The lowest BCUT2D eigenvalue weighted by Crippen LogP contribution is -2.23. The molecule has 0 aliphatic rings. The smallest absolute Gasteiger partial charge is 0.501 e. The monoisotopic (exact) mass is 475 g/mol. The number of hydrogen-bond donors (Lipinski definition) is 2. The number of carbonyl (C=O) groups excluding carboxylic acids is 1. The molecule has 2 N–H and O–H groups in total. The Hall–Kier alpha value is -2.52. The van der Waals surface area contributed by atoms with Crippen LogP contribution in [0.4, 0.5) is 18.9 Å². The topological polar surface area (TPSA) is 83.5 Å². The Morgan fingerprint density at radius 1 is 1.13 bits per heavy atom. The second kappa shape index (κ2) is 8.20. The normalized spacial score (nSPS) is 12.5. The molecule has 0 aromatic heterocycles. The van der Waals surface area contributed by atoms with Gasteiger partial charge in [-0.05, 0) is 48.2 Å². The molecule has 0 aliphatic heterocycles. The van der Waals surface area contributed by atoms with Crippen molar-refractivity contribution in [2.24, 2.45) is 0 Å². The van der Waals surface area contributed by atoms with Crippen molar-refractivity contribution >= 4 is 38.6 Å². The number of phenols is 1. The second-order valence-electron chi connectivity index (χ2n) is 8.00. The Balaban J connectivity index is 2.49. The van der Waals surface area contributed by atoms with E-state index < -0.39 is 36.6 Å². The van der Waals surface area contributed by atoms with Crippen molar-refractivity contribution in [1.29, 1.82) is 0 Å². The first kappa shape index (κ1) is 24.7. The molecule has 0 aliphatic carbocycles. The molecule has 0 saturated carbocycles. The molecule has 2 rings (SSSR count). The summed E-state index contributed by atoms with van der Waals surface area (Å²) in [6.45, 7) is 11.1. The summed E-state index contributed by atoms with van der Waals surface area (Å²) in [4.78, 5) is 11.8. The number of allylic oxidation sites excluding steroid dienone is 1. The van der Waals surface area contributed by atoms with Crippen LogP contribution in [-0.2, 0) is 15.3 Å². The van der Waals surface area contributed by atoms with Crippen LogP contribution in [0.5, 0.6) is 5.75 Å². The summed E-state index contributed by atoms with van der Waals surface area (Å²) in [6, 6.07) is 5.39. The lowest BCUT2D eigenvalue weighted by Gasteiger charge is -2.23. The number of alkyl halides is 3. The molecule has 0 unspecified atom stereocenters. The number of aromatic hydroxyl groups is 1. The zero-order valence-corrected chi connectivity index (χ0v) is 18.8. The van der Waals surface area contributed by atoms with Gasteiger partial charge in [-0.1, -0.05) is 44.5 Å². The van der Waals surface area contributed by atoms with E-state index in [0.29, 0.717) is 28.8 Å². The van der Waals surface area contributed by atoms with Crippen molar-refractivity contribution in [3.63, 3.8) is 0 Å². The van der Waals surface area contributed by atoms with Crippen molar-refractivity contribution < 1.29 is 31.5 Å². The van der Waals surface area contributed by atoms with Gasteiger partial charge in [0.15, 0.2) is 0 Å². The average Bonchev–Trinajstić information content (AvgIpc) is 2.61. The highest BCUT2D eigenvalue weighted by molar-refractivity contribution is 7.92. The molecule has 0 radical (unpaired) electrons. The maximum absolute atomic E-state index is 12.8. The molecule has 2 aromatic rings. The molecular formula is C21H21ClF3NO4S. The largest absolute Gasteiger partial charge is 0.507 e. The van der Waals surface area contributed by atoms with Gasteiger partial charge >= 0.3 is 5.51 Å². The zero-order valence-electron chi connectivity index (χ0n) is 17.2. The van der Waals surface area contributed by atoms with Gasteiger partial charge in [-0.25, -0.2) is 8.42 Å². The number of sulfone groups is 1. The van der Waals surface area contributed by atoms with Gasteiger partial charge in [0.2, 0.25) is 0 Å². The predicted octanol–water partition coefficient (Wildman–Crippen LogP) is 5.92. The predicted molar refractivity (Wildman–Crippen MR) is 114 cm³/mol. The number of anilines is 1. The summed E-state index contributed by atoms with van der Waals surface area (Å²) < 4.78 is 61.2. The summed E-state index contributed by atoms with van der Waals surface area (Å²) in [5.74, 6) is -1.04. The van der Waals surface area contributed by atoms with E-state index in [0.717, 1.165) is 6.07 Å². The van der Waals surface area contributed by atoms with E-state index in [2.05, 4.69) is 11.9 Å². The first-order valence-electron chi connectivity index (χ1n) is 8.92. The van der Waals surface area contributed by atoms with Crippen LogP contribution < -0.4 is 5.32 Å². The van der Waals surface area contributed by atoms with Gasteiger partial charge < -0.3 is 10.4 Å². The average molecular weight is 476 g/mol. The molecule has 5 nitrogen and oxygen atoms in total. The molecule has 0 atom stereocenters. The summed E-state index contributed by atoms with van der Waals surface area (Å²) in [5, 5.41) is 12.6. The van der Waals surface area contributed by atoms with Crippen molar-refractivity contribution in [2.75, 3.05) is 5.32 Å². The van der Waals surface area contributed by atoms with Gasteiger partial charge in [0.25, 0.3) is 15.7 Å². The van der Waals surface area contributed by atoms with Crippen molar-refractivity contribution in [3.8, 4) is 5.75 Å². The number of amides is 1. The number of halogens is 4. The van der Waals surface area contributed by atoms with E-state index in [1.54, 1.807) is 13.0 Å². The van der Waals surface area contributed by atoms with E-state index in [-0.39, 0.29) is 17.0 Å². The first-order valence-corrected chi connectivity index (χ1v) is 10.8. The van der Waals surface area contributed by atoms with Crippen LogP contribution in [0.15, 0.2) is 41.8 Å². The van der Waals surface area contributed by atoms with Crippen LogP contribution in [0, 0.1) is 0 Å². The highest BCUT2D eigenvalue weighted by Crippen LogP contribution is 2.37.